The number of aromatic nitrogens is 1. The molecular formula is C7H10N2OS. The monoisotopic (exact) mass is 170 g/mol. The Balaban J connectivity index is 2.50. The van der Waals surface area contributed by atoms with Gasteiger partial charge in [-0.25, -0.2) is 4.98 Å². The summed E-state index contributed by atoms with van der Waals surface area (Å²) < 4.78 is 0. The van der Waals surface area contributed by atoms with Gasteiger partial charge in [0, 0.05) is 6.20 Å². The Morgan fingerprint density at radius 3 is 3.18 bits per heavy atom. The van der Waals surface area contributed by atoms with Crippen LogP contribution in [0.1, 0.15) is 16.8 Å². The molecule has 4 heteroatoms. The van der Waals surface area contributed by atoms with Gasteiger partial charge in [-0.1, -0.05) is 5.16 Å². The molecule has 1 rings (SSSR count). The summed E-state index contributed by atoms with van der Waals surface area (Å²) in [5, 5.41) is 4.76. The molecule has 0 saturated carbocycles. The second-order valence-electron chi connectivity index (χ2n) is 1.93. The van der Waals surface area contributed by atoms with Gasteiger partial charge in [-0.15, -0.1) is 11.3 Å². The number of aryl methyl sites for hydroxylation is 1. The van der Waals surface area contributed by atoms with Gasteiger partial charge in [0.15, 0.2) is 0 Å². The van der Waals surface area contributed by atoms with E-state index in [9.17, 15) is 0 Å². The highest BCUT2D eigenvalue weighted by Gasteiger charge is 1.92. The Morgan fingerprint density at radius 2 is 2.64 bits per heavy atom. The third-order valence-corrected chi connectivity index (χ3v) is 1.87. The minimum atomic E-state index is 0.605. The molecule has 0 spiro atoms. The second kappa shape index (κ2) is 4.08. The predicted molar refractivity (Wildman–Crippen MR) is 46.1 cm³/mol. The molecule has 0 aliphatic heterocycles. The van der Waals surface area contributed by atoms with Crippen LogP contribution in [0.25, 0.3) is 0 Å². The van der Waals surface area contributed by atoms with Gasteiger partial charge in [0.2, 0.25) is 0 Å². The van der Waals surface area contributed by atoms with Gasteiger partial charge in [-0.2, -0.15) is 0 Å². The normalized spacial score (nSPS) is 10.7. The van der Waals surface area contributed by atoms with Crippen LogP contribution >= 0.6 is 11.3 Å². The van der Waals surface area contributed by atoms with E-state index >= 15 is 0 Å². The highest BCUT2D eigenvalue weighted by atomic mass is 32.1. The molecule has 0 atom stereocenters. The van der Waals surface area contributed by atoms with E-state index in [0.717, 1.165) is 9.88 Å². The minimum absolute atomic E-state index is 0.605. The molecule has 11 heavy (non-hydrogen) atoms. The molecule has 0 unspecified atom stereocenters. The van der Waals surface area contributed by atoms with Crippen LogP contribution < -0.4 is 0 Å². The summed E-state index contributed by atoms with van der Waals surface area (Å²) in [6, 6.07) is 0. The third kappa shape index (κ3) is 2.67. The average molecular weight is 170 g/mol. The van der Waals surface area contributed by atoms with Crippen LogP contribution in [0.3, 0.4) is 0 Å². The Hall–Kier alpha value is -0.900. The summed E-state index contributed by atoms with van der Waals surface area (Å²) in [6.45, 7) is 4.46. The molecule has 3 nitrogen and oxygen atoms in total. The van der Waals surface area contributed by atoms with Crippen molar-refractivity contribution in [3.8, 4) is 0 Å². The Labute approximate surface area is 69.7 Å². The first kappa shape index (κ1) is 8.20. The van der Waals surface area contributed by atoms with Gasteiger partial charge in [0.25, 0.3) is 0 Å². The van der Waals surface area contributed by atoms with E-state index in [4.69, 9.17) is 4.84 Å². The number of rotatable bonds is 3. The van der Waals surface area contributed by atoms with Gasteiger partial charge in [-0.05, 0) is 13.8 Å². The molecule has 0 saturated heterocycles. The molecule has 0 aromatic carbocycles. The molecule has 60 valence electrons. The first-order valence-corrected chi connectivity index (χ1v) is 4.22. The van der Waals surface area contributed by atoms with E-state index in [1.165, 1.54) is 0 Å². The average Bonchev–Trinajstić information content (AvgIpc) is 2.37. The van der Waals surface area contributed by atoms with Gasteiger partial charge in [0.05, 0.1) is 16.1 Å². The van der Waals surface area contributed by atoms with E-state index in [1.54, 1.807) is 23.7 Å². The zero-order valence-corrected chi connectivity index (χ0v) is 7.39. The van der Waals surface area contributed by atoms with Gasteiger partial charge in [-0.3, -0.25) is 0 Å². The smallest absolute Gasteiger partial charge is 0.114 e. The lowest BCUT2D eigenvalue weighted by Gasteiger charge is -1.87. The highest BCUT2D eigenvalue weighted by molar-refractivity contribution is 7.13. The summed E-state index contributed by atoms with van der Waals surface area (Å²) in [6.07, 6.45) is 3.46. The lowest BCUT2D eigenvalue weighted by Crippen LogP contribution is -1.79. The van der Waals surface area contributed by atoms with Crippen molar-refractivity contribution in [3.05, 3.63) is 16.1 Å². The minimum Gasteiger partial charge on any atom is -0.396 e. The molecule has 0 aliphatic carbocycles. The van der Waals surface area contributed by atoms with Crippen molar-refractivity contribution in [1.29, 1.82) is 0 Å². The van der Waals surface area contributed by atoms with Gasteiger partial charge < -0.3 is 4.84 Å². The van der Waals surface area contributed by atoms with Crippen LogP contribution in [0.15, 0.2) is 11.4 Å². The van der Waals surface area contributed by atoms with Crippen LogP contribution in [-0.2, 0) is 4.84 Å². The van der Waals surface area contributed by atoms with Crippen LogP contribution in [0.2, 0.25) is 0 Å². The Kier molecular flexibility index (Phi) is 3.04. The Bertz CT molecular complexity index is 244. The predicted octanol–water partition coefficient (Wildman–Crippen LogP) is 1.82. The fraction of sp³-hybridized carbons (Fsp3) is 0.429. The maximum absolute atomic E-state index is 4.80. The van der Waals surface area contributed by atoms with E-state index < -0.39 is 0 Å². The molecule has 0 amide bonds. The fourth-order valence-corrected chi connectivity index (χ4v) is 1.25. The summed E-state index contributed by atoms with van der Waals surface area (Å²) >= 11 is 1.60. The van der Waals surface area contributed by atoms with E-state index in [0.29, 0.717) is 6.61 Å². The SMILES string of the molecule is CCO/N=C/c1cnc(C)s1. The lowest BCUT2D eigenvalue weighted by atomic mass is 10.6. The number of hydrogen-bond acceptors (Lipinski definition) is 4. The molecular weight excluding hydrogens is 160 g/mol. The molecule has 0 fully saturated rings. The van der Waals surface area contributed by atoms with Crippen molar-refractivity contribution >= 4 is 17.6 Å². The zero-order chi connectivity index (χ0) is 8.10. The molecule has 0 N–H and O–H groups in total. The summed E-state index contributed by atoms with van der Waals surface area (Å²) in [5.74, 6) is 0. The molecule has 1 aromatic heterocycles. The topological polar surface area (TPSA) is 34.5 Å². The van der Waals surface area contributed by atoms with Gasteiger partial charge in [0.1, 0.15) is 6.61 Å². The van der Waals surface area contributed by atoms with E-state index in [-0.39, 0.29) is 0 Å². The number of hydrogen-bond donors (Lipinski definition) is 0. The van der Waals surface area contributed by atoms with Crippen LogP contribution in [-0.4, -0.2) is 17.8 Å². The highest BCUT2D eigenvalue weighted by Crippen LogP contribution is 2.08. The van der Waals surface area contributed by atoms with E-state index in [2.05, 4.69) is 10.1 Å². The second-order valence-corrected chi connectivity index (χ2v) is 3.20. The fourth-order valence-electron chi connectivity index (χ4n) is 0.601. The summed E-state index contributed by atoms with van der Waals surface area (Å²) in [7, 11) is 0. The first-order chi connectivity index (χ1) is 5.33. The van der Waals surface area contributed by atoms with E-state index in [1.807, 2.05) is 13.8 Å². The van der Waals surface area contributed by atoms with Crippen molar-refractivity contribution in [3.63, 3.8) is 0 Å². The number of oxime groups is 1. The number of thiazole rings is 1. The third-order valence-electron chi connectivity index (χ3n) is 1.02. The van der Waals surface area contributed by atoms with Crippen LogP contribution in [0.5, 0.6) is 0 Å². The molecule has 1 aromatic rings. The summed E-state index contributed by atoms with van der Waals surface area (Å²) in [4.78, 5) is 9.89. The van der Waals surface area contributed by atoms with Crippen molar-refractivity contribution in [2.75, 3.05) is 6.61 Å². The quantitative estimate of drug-likeness (QED) is 0.512. The largest absolute Gasteiger partial charge is 0.396 e. The molecule has 0 radical (unpaired) electrons. The number of nitrogens with zero attached hydrogens (tertiary/aromatic N) is 2. The van der Waals surface area contributed by atoms with Crippen molar-refractivity contribution < 1.29 is 4.84 Å². The van der Waals surface area contributed by atoms with Crippen molar-refractivity contribution in [2.24, 2.45) is 5.16 Å². The van der Waals surface area contributed by atoms with Crippen LogP contribution in [0.4, 0.5) is 0 Å². The van der Waals surface area contributed by atoms with Gasteiger partial charge >= 0.3 is 0 Å². The van der Waals surface area contributed by atoms with Crippen molar-refractivity contribution in [2.45, 2.75) is 13.8 Å². The molecule has 0 aliphatic rings. The first-order valence-electron chi connectivity index (χ1n) is 3.40. The molecule has 1 heterocycles. The summed E-state index contributed by atoms with van der Waals surface area (Å²) in [5.41, 5.74) is 0. The standard InChI is InChI=1S/C7H10N2OS/c1-3-10-9-5-7-4-8-6(2)11-7/h4-5H,3H2,1-2H3/b9-5+. The Morgan fingerprint density at radius 1 is 1.82 bits per heavy atom. The van der Waals surface area contributed by atoms with Crippen LogP contribution in [0, 0.1) is 6.92 Å². The maximum atomic E-state index is 4.80. The zero-order valence-electron chi connectivity index (χ0n) is 6.57. The lowest BCUT2D eigenvalue weighted by molar-refractivity contribution is 0.160. The maximum Gasteiger partial charge on any atom is 0.114 e. The molecule has 0 bridgehead atoms. The van der Waals surface area contributed by atoms with Crippen molar-refractivity contribution in [1.82, 2.24) is 4.98 Å².